The van der Waals surface area contributed by atoms with Gasteiger partial charge in [0.25, 0.3) is 0 Å². The lowest BCUT2D eigenvalue weighted by Gasteiger charge is -2.17. The van der Waals surface area contributed by atoms with Gasteiger partial charge in [-0.05, 0) is 31.9 Å². The van der Waals surface area contributed by atoms with Gasteiger partial charge in [0.2, 0.25) is 0 Å². The van der Waals surface area contributed by atoms with E-state index in [-0.39, 0.29) is 0 Å². The lowest BCUT2D eigenvalue weighted by molar-refractivity contribution is 0.193. The van der Waals surface area contributed by atoms with Crippen molar-refractivity contribution >= 4 is 11.6 Å². The highest BCUT2D eigenvalue weighted by atomic mass is 35.5. The largest absolute Gasteiger partial charge is 0.495 e. The summed E-state index contributed by atoms with van der Waals surface area (Å²) in [5.41, 5.74) is 2.73. The number of hydrogen-bond donors (Lipinski definition) is 1. The summed E-state index contributed by atoms with van der Waals surface area (Å²) in [4.78, 5) is 0. The number of rotatable bonds is 2. The second kappa shape index (κ2) is 4.20. The van der Waals surface area contributed by atoms with Gasteiger partial charge in [-0.15, -0.1) is 0 Å². The number of halogens is 1. The van der Waals surface area contributed by atoms with E-state index in [1.165, 1.54) is 0 Å². The molecule has 0 radical (unpaired) electrons. The molecule has 2 nitrogen and oxygen atoms in total. The lowest BCUT2D eigenvalue weighted by Crippen LogP contribution is -2.01. The molecule has 0 saturated heterocycles. The Kier molecular flexibility index (Phi) is 3.40. The smallest absolute Gasteiger partial charge is 0.143 e. The fraction of sp³-hybridized carbons (Fsp3) is 0.455. The van der Waals surface area contributed by atoms with Crippen LogP contribution in [0, 0.1) is 13.8 Å². The molecule has 1 aromatic rings. The molecule has 1 atom stereocenters. The van der Waals surface area contributed by atoms with Gasteiger partial charge in [0, 0.05) is 5.56 Å². The Morgan fingerprint density at radius 2 is 1.93 bits per heavy atom. The van der Waals surface area contributed by atoms with Crippen LogP contribution < -0.4 is 4.74 Å². The third-order valence-electron chi connectivity index (χ3n) is 2.27. The van der Waals surface area contributed by atoms with Gasteiger partial charge in [0.05, 0.1) is 18.2 Å². The van der Waals surface area contributed by atoms with E-state index in [4.69, 9.17) is 16.3 Å². The van der Waals surface area contributed by atoms with Crippen molar-refractivity contribution in [3.63, 3.8) is 0 Å². The fourth-order valence-corrected chi connectivity index (χ4v) is 1.89. The van der Waals surface area contributed by atoms with Crippen molar-refractivity contribution in [2.45, 2.75) is 26.9 Å². The van der Waals surface area contributed by atoms with E-state index in [1.807, 2.05) is 19.9 Å². The molecular formula is C11H15ClO2. The van der Waals surface area contributed by atoms with Gasteiger partial charge in [0.15, 0.2) is 0 Å². The van der Waals surface area contributed by atoms with Crippen molar-refractivity contribution in [1.82, 2.24) is 0 Å². The molecule has 0 aliphatic heterocycles. The van der Waals surface area contributed by atoms with Crippen LogP contribution in [0.1, 0.15) is 29.7 Å². The molecule has 0 amide bonds. The van der Waals surface area contributed by atoms with Crippen LogP contribution in [-0.4, -0.2) is 12.2 Å². The van der Waals surface area contributed by atoms with Crippen LogP contribution in [0.2, 0.25) is 5.02 Å². The standard InChI is InChI=1S/C11H15ClO2/c1-6-5-7(2)10(12)11(14-4)9(6)8(3)13/h5,8,13H,1-4H3. The van der Waals surface area contributed by atoms with Gasteiger partial charge in [-0.25, -0.2) is 0 Å². The van der Waals surface area contributed by atoms with Gasteiger partial charge in [0.1, 0.15) is 5.75 Å². The molecule has 0 heterocycles. The summed E-state index contributed by atoms with van der Waals surface area (Å²) < 4.78 is 5.21. The third-order valence-corrected chi connectivity index (χ3v) is 2.74. The van der Waals surface area contributed by atoms with Crippen molar-refractivity contribution in [2.24, 2.45) is 0 Å². The molecule has 1 rings (SSSR count). The minimum atomic E-state index is -0.567. The van der Waals surface area contributed by atoms with E-state index in [1.54, 1.807) is 14.0 Å². The molecule has 0 saturated carbocycles. The third kappa shape index (κ3) is 1.86. The first-order valence-electron chi connectivity index (χ1n) is 4.50. The summed E-state index contributed by atoms with van der Waals surface area (Å²) in [6.45, 7) is 5.56. The predicted molar refractivity (Wildman–Crippen MR) is 58.1 cm³/mol. The molecule has 1 aromatic carbocycles. The van der Waals surface area contributed by atoms with Crippen molar-refractivity contribution in [3.05, 3.63) is 27.8 Å². The molecule has 0 fully saturated rings. The molecule has 1 unspecified atom stereocenters. The SMILES string of the molecule is COc1c(Cl)c(C)cc(C)c1C(C)O. The maximum Gasteiger partial charge on any atom is 0.143 e. The van der Waals surface area contributed by atoms with Crippen molar-refractivity contribution in [3.8, 4) is 5.75 Å². The van der Waals surface area contributed by atoms with Gasteiger partial charge in [-0.3, -0.25) is 0 Å². The van der Waals surface area contributed by atoms with Crippen LogP contribution in [0.25, 0.3) is 0 Å². The number of methoxy groups -OCH3 is 1. The zero-order valence-corrected chi connectivity index (χ0v) is 9.64. The van der Waals surface area contributed by atoms with E-state index in [2.05, 4.69) is 0 Å². The second-order valence-corrected chi connectivity index (χ2v) is 3.83. The minimum absolute atomic E-state index is 0.567. The van der Waals surface area contributed by atoms with Crippen LogP contribution in [0.15, 0.2) is 6.07 Å². The summed E-state index contributed by atoms with van der Waals surface area (Å²) in [5.74, 6) is 0.583. The fourth-order valence-electron chi connectivity index (χ4n) is 1.66. The Morgan fingerprint density at radius 1 is 1.36 bits per heavy atom. The molecule has 0 spiro atoms. The Hall–Kier alpha value is -0.730. The van der Waals surface area contributed by atoms with E-state index in [9.17, 15) is 5.11 Å². The minimum Gasteiger partial charge on any atom is -0.495 e. The molecule has 1 N–H and O–H groups in total. The molecule has 0 aliphatic rings. The monoisotopic (exact) mass is 214 g/mol. The first-order chi connectivity index (χ1) is 6.49. The van der Waals surface area contributed by atoms with Crippen LogP contribution >= 0.6 is 11.6 Å². The molecule has 0 bridgehead atoms. The Labute approximate surface area is 89.5 Å². The molecule has 3 heteroatoms. The number of aryl methyl sites for hydroxylation is 2. The van der Waals surface area contributed by atoms with E-state index in [0.717, 1.165) is 16.7 Å². The molecule has 0 aromatic heterocycles. The Balaban J connectivity index is 3.47. The van der Waals surface area contributed by atoms with Crippen molar-refractivity contribution < 1.29 is 9.84 Å². The molecule has 0 aliphatic carbocycles. The summed E-state index contributed by atoms with van der Waals surface area (Å²) >= 11 is 6.08. The number of hydrogen-bond acceptors (Lipinski definition) is 2. The summed E-state index contributed by atoms with van der Waals surface area (Å²) in [6, 6.07) is 1.95. The van der Waals surface area contributed by atoms with Crippen molar-refractivity contribution in [2.75, 3.05) is 7.11 Å². The first-order valence-corrected chi connectivity index (χ1v) is 4.88. The van der Waals surface area contributed by atoms with Gasteiger partial charge >= 0.3 is 0 Å². The van der Waals surface area contributed by atoms with Crippen LogP contribution in [-0.2, 0) is 0 Å². The predicted octanol–water partition coefficient (Wildman–Crippen LogP) is 3.02. The quantitative estimate of drug-likeness (QED) is 0.820. The second-order valence-electron chi connectivity index (χ2n) is 3.45. The maximum absolute atomic E-state index is 9.59. The highest BCUT2D eigenvalue weighted by Crippen LogP contribution is 2.37. The topological polar surface area (TPSA) is 29.5 Å². The number of benzene rings is 1. The summed E-state index contributed by atoms with van der Waals surface area (Å²) in [7, 11) is 1.56. The number of aliphatic hydroxyl groups is 1. The zero-order chi connectivity index (χ0) is 10.9. The zero-order valence-electron chi connectivity index (χ0n) is 8.89. The van der Waals surface area contributed by atoms with Crippen LogP contribution in [0.3, 0.4) is 0 Å². The van der Waals surface area contributed by atoms with E-state index >= 15 is 0 Å². The lowest BCUT2D eigenvalue weighted by atomic mass is 10.0. The molecular weight excluding hydrogens is 200 g/mol. The number of aliphatic hydroxyl groups excluding tert-OH is 1. The maximum atomic E-state index is 9.59. The highest BCUT2D eigenvalue weighted by molar-refractivity contribution is 6.33. The van der Waals surface area contributed by atoms with Gasteiger partial charge < -0.3 is 9.84 Å². The van der Waals surface area contributed by atoms with E-state index in [0.29, 0.717) is 10.8 Å². The summed E-state index contributed by atoms with van der Waals surface area (Å²) in [5, 5.41) is 10.2. The average Bonchev–Trinajstić information content (AvgIpc) is 2.09. The van der Waals surface area contributed by atoms with Crippen LogP contribution in [0.5, 0.6) is 5.75 Å². The molecule has 78 valence electrons. The highest BCUT2D eigenvalue weighted by Gasteiger charge is 2.16. The van der Waals surface area contributed by atoms with E-state index < -0.39 is 6.10 Å². The normalized spacial score (nSPS) is 12.7. The van der Waals surface area contributed by atoms with Crippen molar-refractivity contribution in [1.29, 1.82) is 0 Å². The first kappa shape index (κ1) is 11.3. The molecule has 14 heavy (non-hydrogen) atoms. The number of ether oxygens (including phenoxy) is 1. The summed E-state index contributed by atoms with van der Waals surface area (Å²) in [6.07, 6.45) is -0.567. The van der Waals surface area contributed by atoms with Crippen LogP contribution in [0.4, 0.5) is 0 Å². The van der Waals surface area contributed by atoms with Gasteiger partial charge in [-0.2, -0.15) is 0 Å². The Bertz CT molecular complexity index is 346. The Morgan fingerprint density at radius 3 is 2.36 bits per heavy atom. The van der Waals surface area contributed by atoms with Gasteiger partial charge in [-0.1, -0.05) is 17.7 Å². The average molecular weight is 215 g/mol.